The zero-order valence-corrected chi connectivity index (χ0v) is 13.0. The van der Waals surface area contributed by atoms with Crippen molar-refractivity contribution in [3.05, 3.63) is 29.6 Å². The monoisotopic (exact) mass is 277 g/mol. The molecule has 0 bridgehead atoms. The summed E-state index contributed by atoms with van der Waals surface area (Å²) in [5.41, 5.74) is 1.67. The van der Waals surface area contributed by atoms with Gasteiger partial charge in [0.25, 0.3) is 0 Å². The number of aromatic nitrogens is 1. The van der Waals surface area contributed by atoms with Gasteiger partial charge in [-0.2, -0.15) is 0 Å². The van der Waals surface area contributed by atoms with Crippen LogP contribution in [0.15, 0.2) is 18.2 Å². The highest BCUT2D eigenvalue weighted by Crippen LogP contribution is 2.23. The molecule has 0 amide bonds. The van der Waals surface area contributed by atoms with Crippen LogP contribution in [-0.4, -0.2) is 59.2 Å². The van der Waals surface area contributed by atoms with Crippen molar-refractivity contribution in [2.75, 3.05) is 33.7 Å². The number of hydrogen-bond acceptors (Lipinski definition) is 4. The van der Waals surface area contributed by atoms with Crippen molar-refractivity contribution >= 4 is 0 Å². The van der Waals surface area contributed by atoms with Crippen LogP contribution in [0.5, 0.6) is 0 Å². The van der Waals surface area contributed by atoms with Gasteiger partial charge in [-0.1, -0.05) is 6.07 Å². The summed E-state index contributed by atoms with van der Waals surface area (Å²) < 4.78 is 0. The first-order valence-electron chi connectivity index (χ1n) is 7.49. The van der Waals surface area contributed by atoms with E-state index in [2.05, 4.69) is 26.9 Å². The maximum Gasteiger partial charge on any atom is 0.0786 e. The van der Waals surface area contributed by atoms with E-state index in [4.69, 9.17) is 0 Å². The molecule has 1 aromatic rings. The van der Waals surface area contributed by atoms with Crippen molar-refractivity contribution in [2.24, 2.45) is 0 Å². The molecule has 1 N–H and O–H groups in total. The molecule has 4 heteroatoms. The molecule has 0 aromatic carbocycles. The van der Waals surface area contributed by atoms with Gasteiger partial charge in [0, 0.05) is 25.3 Å². The van der Waals surface area contributed by atoms with Crippen LogP contribution in [0.1, 0.15) is 30.7 Å². The molecule has 1 saturated heterocycles. The van der Waals surface area contributed by atoms with E-state index in [0.717, 1.165) is 56.8 Å². The second-order valence-corrected chi connectivity index (χ2v) is 6.36. The Morgan fingerprint density at radius 1 is 1.30 bits per heavy atom. The van der Waals surface area contributed by atoms with Gasteiger partial charge in [0.05, 0.1) is 11.3 Å². The van der Waals surface area contributed by atoms with Crippen LogP contribution >= 0.6 is 0 Å². The van der Waals surface area contributed by atoms with Gasteiger partial charge < -0.3 is 10.0 Å². The van der Waals surface area contributed by atoms with Gasteiger partial charge in [-0.3, -0.25) is 9.88 Å². The Bertz CT molecular complexity index is 435. The predicted octanol–water partition coefficient (Wildman–Crippen LogP) is 1.67. The number of rotatable bonds is 4. The van der Waals surface area contributed by atoms with Crippen molar-refractivity contribution in [3.63, 3.8) is 0 Å². The van der Waals surface area contributed by atoms with Gasteiger partial charge in [0.1, 0.15) is 0 Å². The quantitative estimate of drug-likeness (QED) is 0.909. The number of aliphatic hydroxyl groups is 1. The van der Waals surface area contributed by atoms with Crippen LogP contribution in [0.25, 0.3) is 0 Å². The summed E-state index contributed by atoms with van der Waals surface area (Å²) in [4.78, 5) is 9.06. The summed E-state index contributed by atoms with van der Waals surface area (Å²) in [7, 11) is 4.05. The SMILES string of the molecule is Cc1cccc(CN2CCC[C@@](O)(CN(C)C)CC2)n1. The number of aryl methyl sites for hydroxylation is 1. The van der Waals surface area contributed by atoms with Gasteiger partial charge in [-0.25, -0.2) is 0 Å². The van der Waals surface area contributed by atoms with Crippen LogP contribution in [-0.2, 0) is 6.54 Å². The molecular formula is C16H27N3O. The van der Waals surface area contributed by atoms with E-state index in [1.165, 1.54) is 0 Å². The first kappa shape index (κ1) is 15.4. The number of nitrogens with zero attached hydrogens (tertiary/aromatic N) is 3. The summed E-state index contributed by atoms with van der Waals surface area (Å²) in [5.74, 6) is 0. The van der Waals surface area contributed by atoms with Crippen molar-refractivity contribution in [1.29, 1.82) is 0 Å². The molecule has 2 heterocycles. The van der Waals surface area contributed by atoms with E-state index in [-0.39, 0.29) is 0 Å². The lowest BCUT2D eigenvalue weighted by atomic mass is 9.94. The third-order valence-electron chi connectivity index (χ3n) is 3.95. The fourth-order valence-electron chi connectivity index (χ4n) is 3.06. The summed E-state index contributed by atoms with van der Waals surface area (Å²) >= 11 is 0. The lowest BCUT2D eigenvalue weighted by molar-refractivity contribution is 0.00255. The van der Waals surface area contributed by atoms with Crippen LogP contribution < -0.4 is 0 Å². The van der Waals surface area contributed by atoms with E-state index in [0.29, 0.717) is 0 Å². The fourth-order valence-corrected chi connectivity index (χ4v) is 3.06. The van der Waals surface area contributed by atoms with E-state index < -0.39 is 5.60 Å². The molecule has 0 aliphatic carbocycles. The number of likely N-dealkylation sites (tertiary alicyclic amines) is 1. The minimum atomic E-state index is -0.529. The Labute approximate surface area is 122 Å². The molecule has 4 nitrogen and oxygen atoms in total. The average Bonchev–Trinajstić information content (AvgIpc) is 2.51. The van der Waals surface area contributed by atoms with Crippen LogP contribution in [0.4, 0.5) is 0 Å². The van der Waals surface area contributed by atoms with E-state index >= 15 is 0 Å². The molecular weight excluding hydrogens is 250 g/mol. The lowest BCUT2D eigenvalue weighted by Crippen LogP contribution is -2.40. The summed E-state index contributed by atoms with van der Waals surface area (Å²) in [5, 5.41) is 10.7. The third kappa shape index (κ3) is 4.54. The summed E-state index contributed by atoms with van der Waals surface area (Å²) in [6.45, 7) is 5.66. The zero-order chi connectivity index (χ0) is 14.6. The standard InChI is InChI=1S/C16H27N3O/c1-14-6-4-7-15(17-14)12-19-10-5-8-16(20,9-11-19)13-18(2)3/h4,6-7,20H,5,8-13H2,1-3H3/t16-/m0/s1. The van der Waals surface area contributed by atoms with Gasteiger partial charge in [-0.05, 0) is 59.0 Å². The molecule has 1 aliphatic rings. The Morgan fingerprint density at radius 3 is 2.80 bits per heavy atom. The molecule has 1 aliphatic heterocycles. The summed E-state index contributed by atoms with van der Waals surface area (Å²) in [6.07, 6.45) is 2.79. The van der Waals surface area contributed by atoms with Gasteiger partial charge in [-0.15, -0.1) is 0 Å². The minimum absolute atomic E-state index is 0.529. The van der Waals surface area contributed by atoms with E-state index in [9.17, 15) is 5.11 Å². The van der Waals surface area contributed by atoms with Gasteiger partial charge in [0.2, 0.25) is 0 Å². The number of hydrogen-bond donors (Lipinski definition) is 1. The van der Waals surface area contributed by atoms with Crippen molar-refractivity contribution in [2.45, 2.75) is 38.3 Å². The molecule has 2 rings (SSSR count). The maximum atomic E-state index is 10.7. The van der Waals surface area contributed by atoms with Crippen molar-refractivity contribution in [1.82, 2.24) is 14.8 Å². The Balaban J connectivity index is 1.93. The first-order chi connectivity index (χ1) is 9.47. The normalized spacial score (nSPS) is 24.9. The highest BCUT2D eigenvalue weighted by molar-refractivity contribution is 5.09. The molecule has 0 unspecified atom stereocenters. The summed E-state index contributed by atoms with van der Waals surface area (Å²) in [6, 6.07) is 6.18. The second kappa shape index (κ2) is 6.66. The molecule has 20 heavy (non-hydrogen) atoms. The second-order valence-electron chi connectivity index (χ2n) is 6.36. The van der Waals surface area contributed by atoms with Gasteiger partial charge in [0.15, 0.2) is 0 Å². The van der Waals surface area contributed by atoms with E-state index in [1.807, 2.05) is 27.1 Å². The zero-order valence-electron chi connectivity index (χ0n) is 13.0. The molecule has 0 radical (unpaired) electrons. The number of pyridine rings is 1. The Kier molecular flexibility index (Phi) is 5.13. The van der Waals surface area contributed by atoms with Crippen molar-refractivity contribution in [3.8, 4) is 0 Å². The predicted molar refractivity (Wildman–Crippen MR) is 81.6 cm³/mol. The molecule has 112 valence electrons. The molecule has 1 aromatic heterocycles. The van der Waals surface area contributed by atoms with E-state index in [1.54, 1.807) is 0 Å². The fraction of sp³-hybridized carbons (Fsp3) is 0.688. The van der Waals surface area contributed by atoms with Crippen LogP contribution in [0.2, 0.25) is 0 Å². The van der Waals surface area contributed by atoms with Crippen molar-refractivity contribution < 1.29 is 5.11 Å². The molecule has 1 atom stereocenters. The smallest absolute Gasteiger partial charge is 0.0786 e. The maximum absolute atomic E-state index is 10.7. The highest BCUT2D eigenvalue weighted by atomic mass is 16.3. The van der Waals surface area contributed by atoms with Gasteiger partial charge >= 0.3 is 0 Å². The lowest BCUT2D eigenvalue weighted by Gasteiger charge is -2.30. The molecule has 1 fully saturated rings. The largest absolute Gasteiger partial charge is 0.389 e. The molecule has 0 saturated carbocycles. The minimum Gasteiger partial charge on any atom is -0.389 e. The Morgan fingerprint density at radius 2 is 2.10 bits per heavy atom. The molecule has 0 spiro atoms. The third-order valence-corrected chi connectivity index (χ3v) is 3.95. The Hall–Kier alpha value is -0.970. The van der Waals surface area contributed by atoms with Crippen LogP contribution in [0, 0.1) is 6.92 Å². The highest BCUT2D eigenvalue weighted by Gasteiger charge is 2.30. The first-order valence-corrected chi connectivity index (χ1v) is 7.49. The average molecular weight is 277 g/mol. The topological polar surface area (TPSA) is 39.6 Å². The van der Waals surface area contributed by atoms with Crippen LogP contribution in [0.3, 0.4) is 0 Å². The number of likely N-dealkylation sites (N-methyl/N-ethyl adjacent to an activating group) is 1.